The number of hydrogen-bond acceptors (Lipinski definition) is 4. The lowest BCUT2D eigenvalue weighted by Crippen LogP contribution is -2.39. The van der Waals surface area contributed by atoms with E-state index in [9.17, 15) is 4.79 Å². The third kappa shape index (κ3) is 5.42. The predicted octanol–water partition coefficient (Wildman–Crippen LogP) is 1.02. The first-order valence-corrected chi connectivity index (χ1v) is 8.29. The van der Waals surface area contributed by atoms with Crippen LogP contribution in [0.1, 0.15) is 42.5 Å². The van der Waals surface area contributed by atoms with Gasteiger partial charge < -0.3 is 15.3 Å². The molecular formula is C16H28N4O2. The van der Waals surface area contributed by atoms with Gasteiger partial charge in [-0.25, -0.2) is 0 Å². The van der Waals surface area contributed by atoms with Crippen molar-refractivity contribution in [2.75, 3.05) is 32.8 Å². The van der Waals surface area contributed by atoms with Crippen molar-refractivity contribution in [3.8, 4) is 0 Å². The van der Waals surface area contributed by atoms with Gasteiger partial charge in [0.1, 0.15) is 0 Å². The van der Waals surface area contributed by atoms with Crippen molar-refractivity contribution in [3.05, 3.63) is 18.0 Å². The highest BCUT2D eigenvalue weighted by atomic mass is 16.2. The van der Waals surface area contributed by atoms with Crippen molar-refractivity contribution in [2.24, 2.45) is 13.0 Å². The van der Waals surface area contributed by atoms with Crippen LogP contribution in [-0.4, -0.2) is 58.5 Å². The molecule has 1 saturated heterocycles. The molecule has 0 bridgehead atoms. The summed E-state index contributed by atoms with van der Waals surface area (Å²) in [6.45, 7) is 4.43. The summed E-state index contributed by atoms with van der Waals surface area (Å²) in [6.07, 6.45) is 8.83. The summed E-state index contributed by atoms with van der Waals surface area (Å²) in [5, 5.41) is 15.8. The molecule has 1 aromatic heterocycles. The second-order valence-electron chi connectivity index (χ2n) is 6.18. The fraction of sp³-hybridized carbons (Fsp3) is 0.750. The van der Waals surface area contributed by atoms with Crippen LogP contribution in [0.3, 0.4) is 0 Å². The second-order valence-corrected chi connectivity index (χ2v) is 6.18. The third-order valence-corrected chi connectivity index (χ3v) is 4.36. The number of carbonyl (C=O) groups is 1. The summed E-state index contributed by atoms with van der Waals surface area (Å²) < 4.78 is 1.64. The van der Waals surface area contributed by atoms with E-state index >= 15 is 0 Å². The molecule has 0 spiro atoms. The van der Waals surface area contributed by atoms with E-state index in [-0.39, 0.29) is 5.91 Å². The van der Waals surface area contributed by atoms with Gasteiger partial charge in [-0.3, -0.25) is 9.48 Å². The van der Waals surface area contributed by atoms with Crippen LogP contribution in [-0.2, 0) is 7.05 Å². The zero-order valence-electron chi connectivity index (χ0n) is 13.5. The molecule has 0 saturated carbocycles. The molecule has 2 N–H and O–H groups in total. The molecule has 0 aliphatic carbocycles. The number of aryl methyl sites for hydroxylation is 1. The molecule has 1 aliphatic heterocycles. The standard InChI is InChI=1S/C16H28N4O2/c1-19-13-15(12-18-19)16(22)17-11-14-5-8-20(9-6-14)7-3-2-4-10-21/h12-14,21H,2-11H2,1H3,(H,17,22). The Labute approximate surface area is 132 Å². The minimum absolute atomic E-state index is 0.0282. The highest BCUT2D eigenvalue weighted by Crippen LogP contribution is 2.17. The monoisotopic (exact) mass is 308 g/mol. The number of aliphatic hydroxyl groups excluding tert-OH is 1. The maximum absolute atomic E-state index is 12.0. The largest absolute Gasteiger partial charge is 0.396 e. The van der Waals surface area contributed by atoms with Crippen LogP contribution in [0.4, 0.5) is 0 Å². The Hall–Kier alpha value is -1.40. The molecule has 0 radical (unpaired) electrons. The number of aromatic nitrogens is 2. The van der Waals surface area contributed by atoms with Gasteiger partial charge in [-0.05, 0) is 57.7 Å². The Kier molecular flexibility index (Phi) is 6.86. The summed E-state index contributed by atoms with van der Waals surface area (Å²) in [6, 6.07) is 0. The number of likely N-dealkylation sites (tertiary alicyclic amines) is 1. The number of nitrogens with one attached hydrogen (secondary N) is 1. The molecule has 1 fully saturated rings. The first-order valence-electron chi connectivity index (χ1n) is 8.29. The minimum atomic E-state index is -0.0282. The number of carbonyl (C=O) groups excluding carboxylic acids is 1. The summed E-state index contributed by atoms with van der Waals surface area (Å²) in [5.74, 6) is 0.550. The molecule has 1 aliphatic rings. The average molecular weight is 308 g/mol. The lowest BCUT2D eigenvalue weighted by Gasteiger charge is -2.32. The van der Waals surface area contributed by atoms with Crippen molar-refractivity contribution in [1.29, 1.82) is 0 Å². The van der Waals surface area contributed by atoms with Gasteiger partial charge in [0.2, 0.25) is 0 Å². The van der Waals surface area contributed by atoms with Crippen LogP contribution in [0.25, 0.3) is 0 Å². The number of nitrogens with zero attached hydrogens (tertiary/aromatic N) is 3. The van der Waals surface area contributed by atoms with E-state index in [0.717, 1.165) is 51.9 Å². The Morgan fingerprint density at radius 2 is 2.14 bits per heavy atom. The third-order valence-electron chi connectivity index (χ3n) is 4.36. The van der Waals surface area contributed by atoms with Gasteiger partial charge in [-0.1, -0.05) is 0 Å². The van der Waals surface area contributed by atoms with E-state index in [1.807, 2.05) is 7.05 Å². The van der Waals surface area contributed by atoms with E-state index in [1.54, 1.807) is 17.1 Å². The molecule has 2 rings (SSSR count). The quantitative estimate of drug-likeness (QED) is 0.704. The Balaban J connectivity index is 1.60. The topological polar surface area (TPSA) is 70.4 Å². The molecule has 22 heavy (non-hydrogen) atoms. The number of unbranched alkanes of at least 4 members (excludes halogenated alkanes) is 2. The van der Waals surface area contributed by atoms with Gasteiger partial charge in [-0.15, -0.1) is 0 Å². The Morgan fingerprint density at radius 1 is 1.36 bits per heavy atom. The molecule has 6 nitrogen and oxygen atoms in total. The van der Waals surface area contributed by atoms with Crippen molar-refractivity contribution in [3.63, 3.8) is 0 Å². The van der Waals surface area contributed by atoms with E-state index in [1.165, 1.54) is 6.42 Å². The first kappa shape index (κ1) is 17.0. The van der Waals surface area contributed by atoms with E-state index < -0.39 is 0 Å². The van der Waals surface area contributed by atoms with E-state index in [0.29, 0.717) is 18.1 Å². The van der Waals surface area contributed by atoms with Crippen molar-refractivity contribution >= 4 is 5.91 Å². The van der Waals surface area contributed by atoms with Crippen LogP contribution < -0.4 is 5.32 Å². The minimum Gasteiger partial charge on any atom is -0.396 e. The predicted molar refractivity (Wildman–Crippen MR) is 85.6 cm³/mol. The zero-order valence-corrected chi connectivity index (χ0v) is 13.5. The lowest BCUT2D eigenvalue weighted by molar-refractivity contribution is 0.0935. The number of rotatable bonds is 8. The molecule has 0 unspecified atom stereocenters. The molecule has 6 heteroatoms. The summed E-state index contributed by atoms with van der Waals surface area (Å²) in [7, 11) is 1.81. The molecule has 1 aromatic rings. The number of piperidine rings is 1. The summed E-state index contributed by atoms with van der Waals surface area (Å²) >= 11 is 0. The van der Waals surface area contributed by atoms with Crippen molar-refractivity contribution in [2.45, 2.75) is 32.1 Å². The van der Waals surface area contributed by atoms with Crippen LogP contribution in [0.2, 0.25) is 0 Å². The second kappa shape index (κ2) is 8.90. The van der Waals surface area contributed by atoms with Gasteiger partial charge in [-0.2, -0.15) is 5.10 Å². The summed E-state index contributed by atoms with van der Waals surface area (Å²) in [4.78, 5) is 14.5. The van der Waals surface area contributed by atoms with Gasteiger partial charge in [0.05, 0.1) is 11.8 Å². The van der Waals surface area contributed by atoms with E-state index in [2.05, 4.69) is 15.3 Å². The van der Waals surface area contributed by atoms with Gasteiger partial charge in [0.25, 0.3) is 5.91 Å². The number of amides is 1. The van der Waals surface area contributed by atoms with Crippen molar-refractivity contribution in [1.82, 2.24) is 20.0 Å². The van der Waals surface area contributed by atoms with Crippen LogP contribution >= 0.6 is 0 Å². The highest BCUT2D eigenvalue weighted by Gasteiger charge is 2.19. The molecule has 0 aromatic carbocycles. The maximum atomic E-state index is 12.0. The average Bonchev–Trinajstić information content (AvgIpc) is 2.97. The fourth-order valence-electron chi connectivity index (χ4n) is 2.92. The van der Waals surface area contributed by atoms with Crippen LogP contribution in [0, 0.1) is 5.92 Å². The Bertz CT molecular complexity index is 453. The number of aliphatic hydroxyl groups is 1. The molecular weight excluding hydrogens is 280 g/mol. The highest BCUT2D eigenvalue weighted by molar-refractivity contribution is 5.93. The van der Waals surface area contributed by atoms with Gasteiger partial charge in [0, 0.05) is 26.4 Å². The number of hydrogen-bond donors (Lipinski definition) is 2. The Morgan fingerprint density at radius 3 is 2.77 bits per heavy atom. The van der Waals surface area contributed by atoms with Crippen LogP contribution in [0.5, 0.6) is 0 Å². The van der Waals surface area contributed by atoms with E-state index in [4.69, 9.17) is 5.11 Å². The smallest absolute Gasteiger partial charge is 0.254 e. The SMILES string of the molecule is Cn1cc(C(=O)NCC2CCN(CCCCCO)CC2)cn1. The normalized spacial score (nSPS) is 16.8. The maximum Gasteiger partial charge on any atom is 0.254 e. The van der Waals surface area contributed by atoms with Crippen molar-refractivity contribution < 1.29 is 9.90 Å². The zero-order chi connectivity index (χ0) is 15.8. The molecule has 2 heterocycles. The van der Waals surface area contributed by atoms with Gasteiger partial charge >= 0.3 is 0 Å². The first-order chi connectivity index (χ1) is 10.7. The summed E-state index contributed by atoms with van der Waals surface area (Å²) in [5.41, 5.74) is 0.629. The molecule has 1 amide bonds. The molecule has 0 atom stereocenters. The lowest BCUT2D eigenvalue weighted by atomic mass is 9.96. The van der Waals surface area contributed by atoms with Gasteiger partial charge in [0.15, 0.2) is 0 Å². The van der Waals surface area contributed by atoms with Crippen LogP contribution in [0.15, 0.2) is 12.4 Å². The fourth-order valence-corrected chi connectivity index (χ4v) is 2.92. The molecule has 124 valence electrons.